The van der Waals surface area contributed by atoms with Crippen LogP contribution >= 0.6 is 0 Å². The Balaban J connectivity index is 2.13. The van der Waals surface area contributed by atoms with Crippen molar-refractivity contribution >= 4 is 14.2 Å². The average Bonchev–Trinajstić information content (AvgIpc) is 2.59. The van der Waals surface area contributed by atoms with E-state index in [0.717, 1.165) is 12.3 Å². The first kappa shape index (κ1) is 21.1. The van der Waals surface area contributed by atoms with Crippen LogP contribution < -0.4 is 5.32 Å². The number of hydrogen-bond donors (Lipinski definition) is 1. The highest BCUT2D eigenvalue weighted by Crippen LogP contribution is 2.36. The van der Waals surface area contributed by atoms with E-state index in [1.807, 2.05) is 6.92 Å². The maximum Gasteiger partial charge on any atom is 0.254 e. The third-order valence-corrected chi connectivity index (χ3v) is 9.26. The van der Waals surface area contributed by atoms with Crippen molar-refractivity contribution in [3.63, 3.8) is 0 Å². The van der Waals surface area contributed by atoms with Crippen LogP contribution in [0.4, 0.5) is 4.39 Å². The molecule has 0 aliphatic carbocycles. The van der Waals surface area contributed by atoms with Crippen molar-refractivity contribution in [1.82, 2.24) is 20.3 Å². The van der Waals surface area contributed by atoms with Gasteiger partial charge in [0, 0.05) is 18.4 Å². The molecule has 0 unspecified atom stereocenters. The van der Waals surface area contributed by atoms with Crippen molar-refractivity contribution in [2.24, 2.45) is 0 Å². The second-order valence-electron chi connectivity index (χ2n) is 8.07. The lowest BCUT2D eigenvalue weighted by Gasteiger charge is -2.37. The van der Waals surface area contributed by atoms with Gasteiger partial charge in [-0.2, -0.15) is 0 Å². The zero-order valence-corrected chi connectivity index (χ0v) is 17.7. The summed E-state index contributed by atoms with van der Waals surface area (Å²) in [6.45, 7) is 13.0. The van der Waals surface area contributed by atoms with Gasteiger partial charge >= 0.3 is 0 Å². The van der Waals surface area contributed by atoms with Gasteiger partial charge in [-0.25, -0.2) is 19.3 Å². The maximum absolute atomic E-state index is 13.7. The summed E-state index contributed by atoms with van der Waals surface area (Å²) in [7, 11) is -1.91. The monoisotopic (exact) mass is 390 g/mol. The van der Waals surface area contributed by atoms with Crippen molar-refractivity contribution in [2.75, 3.05) is 6.61 Å². The van der Waals surface area contributed by atoms with Gasteiger partial charge in [-0.05, 0) is 37.2 Å². The molecule has 2 heterocycles. The van der Waals surface area contributed by atoms with Crippen LogP contribution in [-0.4, -0.2) is 41.8 Å². The van der Waals surface area contributed by atoms with Gasteiger partial charge in [-0.15, -0.1) is 0 Å². The Hall–Kier alpha value is -2.19. The summed E-state index contributed by atoms with van der Waals surface area (Å²) in [6, 6.07) is 2.57. The molecule has 0 saturated heterocycles. The number of hydrogen-bond acceptors (Lipinski definition) is 5. The number of nitrogens with one attached hydrogen (secondary N) is 1. The van der Waals surface area contributed by atoms with E-state index in [0.29, 0.717) is 6.61 Å². The fraction of sp³-hybridized carbons (Fsp3) is 0.474. The fourth-order valence-electron chi connectivity index (χ4n) is 2.10. The van der Waals surface area contributed by atoms with Crippen molar-refractivity contribution in [2.45, 2.75) is 51.9 Å². The predicted molar refractivity (Wildman–Crippen MR) is 105 cm³/mol. The van der Waals surface area contributed by atoms with Crippen molar-refractivity contribution < 1.29 is 13.6 Å². The maximum atomic E-state index is 13.7. The van der Waals surface area contributed by atoms with Crippen molar-refractivity contribution in [1.29, 1.82) is 0 Å². The predicted octanol–water partition coefficient (Wildman–Crippen LogP) is 3.82. The Labute approximate surface area is 160 Å². The molecular formula is C19H27FN4O2Si. The number of carbonyl (C=O) groups is 1. The highest BCUT2D eigenvalue weighted by atomic mass is 28.4. The minimum absolute atomic E-state index is 0.0844. The molecule has 27 heavy (non-hydrogen) atoms. The third kappa shape index (κ3) is 5.40. The highest BCUT2D eigenvalue weighted by molar-refractivity contribution is 6.74. The Bertz CT molecular complexity index is 794. The van der Waals surface area contributed by atoms with Crippen LogP contribution in [-0.2, 0) is 4.43 Å². The van der Waals surface area contributed by atoms with Crippen molar-refractivity contribution in [3.05, 3.63) is 42.1 Å². The standard InChI is InChI=1S/C19H27FN4O2Si/c1-13(12-26-27(5,6)19(2,3)4)24-18(25)15-10-14(20)11-23-16(15)17-21-8-7-9-22-17/h7-11,13H,12H2,1-6H3,(H,24,25)/t13-/m0/s1. The molecule has 0 radical (unpaired) electrons. The van der Waals surface area contributed by atoms with Crippen LogP contribution in [0, 0.1) is 5.82 Å². The molecular weight excluding hydrogens is 363 g/mol. The lowest BCUT2D eigenvalue weighted by Crippen LogP contribution is -2.45. The van der Waals surface area contributed by atoms with Gasteiger partial charge in [-0.1, -0.05) is 20.8 Å². The first-order valence-corrected chi connectivity index (χ1v) is 11.8. The van der Waals surface area contributed by atoms with E-state index >= 15 is 0 Å². The molecule has 0 spiro atoms. The van der Waals surface area contributed by atoms with Crippen LogP contribution in [0.2, 0.25) is 18.1 Å². The van der Waals surface area contributed by atoms with Crippen LogP contribution in [0.1, 0.15) is 38.1 Å². The molecule has 6 nitrogen and oxygen atoms in total. The molecule has 2 aromatic heterocycles. The number of carbonyl (C=O) groups excluding carboxylic acids is 1. The summed E-state index contributed by atoms with van der Waals surface area (Å²) in [4.78, 5) is 24.9. The fourth-order valence-corrected chi connectivity index (χ4v) is 3.20. The molecule has 0 bridgehead atoms. The minimum atomic E-state index is -1.91. The second kappa shape index (κ2) is 8.22. The van der Waals surface area contributed by atoms with Crippen LogP contribution in [0.15, 0.2) is 30.7 Å². The first-order chi connectivity index (χ1) is 12.5. The number of pyridine rings is 1. The average molecular weight is 391 g/mol. The van der Waals surface area contributed by atoms with E-state index in [1.165, 1.54) is 0 Å². The summed E-state index contributed by atoms with van der Waals surface area (Å²) in [6.07, 6.45) is 4.14. The van der Waals surface area contributed by atoms with Gasteiger partial charge in [0.2, 0.25) is 0 Å². The molecule has 1 N–H and O–H groups in total. The SMILES string of the molecule is C[C@@H](CO[Si](C)(C)C(C)(C)C)NC(=O)c1cc(F)cnc1-c1ncccn1. The molecule has 2 rings (SSSR count). The topological polar surface area (TPSA) is 77.0 Å². The number of aromatic nitrogens is 3. The van der Waals surface area contributed by atoms with Gasteiger partial charge in [0.15, 0.2) is 14.1 Å². The molecule has 1 atom stereocenters. The van der Waals surface area contributed by atoms with Crippen LogP contribution in [0.25, 0.3) is 11.5 Å². The summed E-state index contributed by atoms with van der Waals surface area (Å²) >= 11 is 0. The van der Waals surface area contributed by atoms with Gasteiger partial charge in [0.1, 0.15) is 11.5 Å². The van der Waals surface area contributed by atoms with E-state index in [4.69, 9.17) is 4.43 Å². The second-order valence-corrected chi connectivity index (χ2v) is 12.9. The minimum Gasteiger partial charge on any atom is -0.415 e. The summed E-state index contributed by atoms with van der Waals surface area (Å²) in [5.41, 5.74) is 0.340. The van der Waals surface area contributed by atoms with E-state index in [1.54, 1.807) is 18.5 Å². The molecule has 2 aromatic rings. The van der Waals surface area contributed by atoms with Gasteiger partial charge in [0.25, 0.3) is 5.91 Å². The number of rotatable bonds is 6. The third-order valence-electron chi connectivity index (χ3n) is 4.75. The highest BCUT2D eigenvalue weighted by Gasteiger charge is 2.37. The lowest BCUT2D eigenvalue weighted by molar-refractivity contribution is 0.0924. The molecule has 146 valence electrons. The van der Waals surface area contributed by atoms with E-state index < -0.39 is 20.0 Å². The number of halogens is 1. The van der Waals surface area contributed by atoms with Gasteiger partial charge in [-0.3, -0.25) is 4.79 Å². The largest absolute Gasteiger partial charge is 0.415 e. The molecule has 8 heteroatoms. The number of nitrogens with zero attached hydrogens (tertiary/aromatic N) is 3. The zero-order valence-electron chi connectivity index (χ0n) is 16.7. The van der Waals surface area contributed by atoms with Crippen LogP contribution in [0.3, 0.4) is 0 Å². The molecule has 0 fully saturated rings. The number of amides is 1. The van der Waals surface area contributed by atoms with Gasteiger partial charge in [0.05, 0.1) is 18.4 Å². The summed E-state index contributed by atoms with van der Waals surface area (Å²) < 4.78 is 19.8. The molecule has 0 saturated carbocycles. The van der Waals surface area contributed by atoms with E-state index in [2.05, 4.69) is 54.1 Å². The Morgan fingerprint density at radius 3 is 2.48 bits per heavy atom. The van der Waals surface area contributed by atoms with E-state index in [-0.39, 0.29) is 28.2 Å². The smallest absolute Gasteiger partial charge is 0.254 e. The zero-order chi connectivity index (χ0) is 20.2. The van der Waals surface area contributed by atoms with Gasteiger partial charge < -0.3 is 9.74 Å². The quantitative estimate of drug-likeness (QED) is 0.759. The molecule has 0 aromatic carbocycles. The van der Waals surface area contributed by atoms with E-state index in [9.17, 15) is 9.18 Å². The lowest BCUT2D eigenvalue weighted by atomic mass is 10.1. The molecule has 1 amide bonds. The molecule has 0 aliphatic heterocycles. The Kier molecular flexibility index (Phi) is 6.43. The van der Waals surface area contributed by atoms with Crippen LogP contribution in [0.5, 0.6) is 0 Å². The summed E-state index contributed by atoms with van der Waals surface area (Å²) in [5, 5.41) is 2.94. The summed E-state index contributed by atoms with van der Waals surface area (Å²) in [5.74, 6) is -0.756. The Morgan fingerprint density at radius 2 is 1.89 bits per heavy atom. The Morgan fingerprint density at radius 1 is 1.26 bits per heavy atom. The van der Waals surface area contributed by atoms with Crippen molar-refractivity contribution in [3.8, 4) is 11.5 Å². The first-order valence-electron chi connectivity index (χ1n) is 8.89. The molecule has 0 aliphatic rings. The normalized spacial score (nSPS) is 13.3.